The Kier molecular flexibility index (Phi) is 4.82. The normalized spacial score (nSPS) is 11.4. The minimum atomic E-state index is -4.70. The van der Waals surface area contributed by atoms with E-state index in [9.17, 15) is 22.0 Å². The molecule has 0 aliphatic carbocycles. The van der Waals surface area contributed by atoms with Crippen LogP contribution >= 0.6 is 0 Å². The number of hydrogen-bond donors (Lipinski definition) is 1. The molecule has 0 radical (unpaired) electrons. The summed E-state index contributed by atoms with van der Waals surface area (Å²) in [7, 11) is -1.63. The summed E-state index contributed by atoms with van der Waals surface area (Å²) in [5.74, 6) is -3.80. The summed E-state index contributed by atoms with van der Waals surface area (Å²) in [6, 6.07) is 5.24. The molecule has 1 amide bonds. The Morgan fingerprint density at radius 2 is 1.89 bits per heavy atom. The highest BCUT2D eigenvalue weighted by Gasteiger charge is 2.29. The summed E-state index contributed by atoms with van der Waals surface area (Å²) in [5.41, 5.74) is -0.0157. The lowest BCUT2D eigenvalue weighted by atomic mass is 10.3. The molecular weight excluding hydrogens is 278 g/mol. The van der Waals surface area contributed by atoms with Gasteiger partial charge in [-0.05, 0) is 12.1 Å². The molecule has 0 heterocycles. The van der Waals surface area contributed by atoms with Crippen LogP contribution in [0.4, 0.5) is 14.5 Å². The van der Waals surface area contributed by atoms with E-state index in [0.717, 1.165) is 6.07 Å². The fourth-order valence-electron chi connectivity index (χ4n) is 1.29. The van der Waals surface area contributed by atoms with E-state index in [-0.39, 0.29) is 18.1 Å². The molecule has 0 fully saturated rings. The molecule has 5 nitrogen and oxygen atoms in total. The molecule has 0 saturated carbocycles. The number of nitrogens with one attached hydrogen (secondary N) is 1. The SMILES string of the molecule is CN(C)C(=O)CNc1ccccc1S(=O)(=O)C(F)F. The first kappa shape index (κ1) is 15.4. The van der Waals surface area contributed by atoms with Crippen LogP contribution < -0.4 is 5.32 Å². The van der Waals surface area contributed by atoms with Gasteiger partial charge in [-0.25, -0.2) is 8.42 Å². The van der Waals surface area contributed by atoms with Crippen LogP contribution in [-0.4, -0.2) is 45.6 Å². The summed E-state index contributed by atoms with van der Waals surface area (Å²) >= 11 is 0. The second-order valence-electron chi connectivity index (χ2n) is 3.94. The van der Waals surface area contributed by atoms with Gasteiger partial charge in [0.15, 0.2) is 0 Å². The Balaban J connectivity index is 3.01. The summed E-state index contributed by atoms with van der Waals surface area (Å²) in [6.07, 6.45) is 0. The van der Waals surface area contributed by atoms with E-state index in [0.29, 0.717) is 0 Å². The van der Waals surface area contributed by atoms with Gasteiger partial charge in [-0.3, -0.25) is 4.79 Å². The van der Waals surface area contributed by atoms with Gasteiger partial charge >= 0.3 is 5.76 Å². The van der Waals surface area contributed by atoms with E-state index in [1.807, 2.05) is 0 Å². The van der Waals surface area contributed by atoms with E-state index in [1.165, 1.54) is 37.2 Å². The molecule has 0 aromatic heterocycles. The molecule has 0 atom stereocenters. The van der Waals surface area contributed by atoms with E-state index in [4.69, 9.17) is 0 Å². The molecular formula is C11H14F2N2O3S. The Morgan fingerprint density at radius 1 is 1.32 bits per heavy atom. The molecule has 0 aliphatic rings. The maximum Gasteiger partial charge on any atom is 0.341 e. The topological polar surface area (TPSA) is 66.5 Å². The minimum Gasteiger partial charge on any atom is -0.375 e. The van der Waals surface area contributed by atoms with Gasteiger partial charge < -0.3 is 10.2 Å². The number of amides is 1. The van der Waals surface area contributed by atoms with Crippen molar-refractivity contribution in [2.24, 2.45) is 0 Å². The van der Waals surface area contributed by atoms with Crippen LogP contribution in [0.5, 0.6) is 0 Å². The number of likely N-dealkylation sites (N-methyl/N-ethyl adjacent to an activating group) is 1. The third-order valence-electron chi connectivity index (χ3n) is 2.36. The first-order valence-electron chi connectivity index (χ1n) is 5.32. The number of anilines is 1. The van der Waals surface area contributed by atoms with Crippen LogP contribution in [0.25, 0.3) is 0 Å². The maximum absolute atomic E-state index is 12.5. The largest absolute Gasteiger partial charge is 0.375 e. The first-order chi connectivity index (χ1) is 8.76. The fraction of sp³-hybridized carbons (Fsp3) is 0.364. The summed E-state index contributed by atoms with van der Waals surface area (Å²) in [4.78, 5) is 12.2. The van der Waals surface area contributed by atoms with Crippen LogP contribution in [0.1, 0.15) is 0 Å². The molecule has 0 bridgehead atoms. The molecule has 0 unspecified atom stereocenters. The summed E-state index contributed by atoms with van der Waals surface area (Å²) < 4.78 is 47.9. The van der Waals surface area contributed by atoms with Crippen LogP contribution in [-0.2, 0) is 14.6 Å². The minimum absolute atomic E-state index is 0.0157. The number of para-hydroxylation sites is 1. The Labute approximate surface area is 110 Å². The fourth-order valence-corrected chi connectivity index (χ4v) is 2.19. The highest BCUT2D eigenvalue weighted by atomic mass is 32.2. The van der Waals surface area contributed by atoms with Gasteiger partial charge in [0.1, 0.15) is 0 Å². The molecule has 0 spiro atoms. The summed E-state index contributed by atoms with van der Waals surface area (Å²) in [5, 5.41) is 2.55. The number of hydrogen-bond acceptors (Lipinski definition) is 4. The zero-order valence-electron chi connectivity index (χ0n) is 10.4. The van der Waals surface area contributed by atoms with Crippen LogP contribution in [0.3, 0.4) is 0 Å². The molecule has 1 aromatic rings. The third kappa shape index (κ3) is 3.63. The van der Waals surface area contributed by atoms with Crippen molar-refractivity contribution in [1.82, 2.24) is 4.90 Å². The zero-order valence-corrected chi connectivity index (χ0v) is 11.2. The van der Waals surface area contributed by atoms with Crippen LogP contribution in [0.2, 0.25) is 0 Å². The third-order valence-corrected chi connectivity index (χ3v) is 3.80. The van der Waals surface area contributed by atoms with Crippen molar-refractivity contribution in [1.29, 1.82) is 0 Å². The molecule has 19 heavy (non-hydrogen) atoms. The highest BCUT2D eigenvalue weighted by Crippen LogP contribution is 2.25. The predicted molar refractivity (Wildman–Crippen MR) is 66.8 cm³/mol. The number of sulfone groups is 1. The van der Waals surface area contributed by atoms with Gasteiger partial charge in [0.25, 0.3) is 0 Å². The van der Waals surface area contributed by atoms with Crippen molar-refractivity contribution in [3.63, 3.8) is 0 Å². The van der Waals surface area contributed by atoms with Gasteiger partial charge in [0, 0.05) is 14.1 Å². The van der Waals surface area contributed by atoms with E-state index >= 15 is 0 Å². The lowest BCUT2D eigenvalue weighted by Gasteiger charge is -2.14. The molecule has 1 N–H and O–H groups in total. The van der Waals surface area contributed by atoms with E-state index in [1.54, 1.807) is 0 Å². The van der Waals surface area contributed by atoms with Gasteiger partial charge in [0.05, 0.1) is 17.1 Å². The van der Waals surface area contributed by atoms with Crippen molar-refractivity contribution in [2.45, 2.75) is 10.7 Å². The molecule has 0 aliphatic heterocycles. The molecule has 0 saturated heterocycles. The number of benzene rings is 1. The standard InChI is InChI=1S/C11H14F2N2O3S/c1-15(2)10(16)7-14-8-5-3-4-6-9(8)19(17,18)11(12)13/h3-6,11,14H,7H2,1-2H3. The van der Waals surface area contributed by atoms with Crippen molar-refractivity contribution in [3.8, 4) is 0 Å². The number of alkyl halides is 2. The van der Waals surface area contributed by atoms with Gasteiger partial charge in [-0.1, -0.05) is 12.1 Å². The van der Waals surface area contributed by atoms with Crippen molar-refractivity contribution in [2.75, 3.05) is 26.0 Å². The van der Waals surface area contributed by atoms with Gasteiger partial charge in [-0.15, -0.1) is 0 Å². The predicted octanol–water partition coefficient (Wildman–Crippen LogP) is 1.18. The second kappa shape index (κ2) is 5.96. The molecule has 106 valence electrons. The lowest BCUT2D eigenvalue weighted by Crippen LogP contribution is -2.29. The van der Waals surface area contributed by atoms with Crippen molar-refractivity contribution < 1.29 is 22.0 Å². The first-order valence-corrected chi connectivity index (χ1v) is 6.86. The Bertz CT molecular complexity index is 559. The summed E-state index contributed by atoms with van der Waals surface area (Å²) in [6.45, 7) is -0.178. The second-order valence-corrected chi connectivity index (χ2v) is 5.83. The molecule has 1 aromatic carbocycles. The monoisotopic (exact) mass is 292 g/mol. The van der Waals surface area contributed by atoms with Crippen molar-refractivity contribution in [3.05, 3.63) is 24.3 Å². The number of nitrogens with zero attached hydrogens (tertiary/aromatic N) is 1. The number of carbonyl (C=O) groups is 1. The quantitative estimate of drug-likeness (QED) is 0.885. The van der Waals surface area contributed by atoms with E-state index in [2.05, 4.69) is 5.32 Å². The lowest BCUT2D eigenvalue weighted by molar-refractivity contribution is -0.126. The Morgan fingerprint density at radius 3 is 2.42 bits per heavy atom. The van der Waals surface area contributed by atoms with Crippen LogP contribution in [0, 0.1) is 0 Å². The zero-order chi connectivity index (χ0) is 14.6. The van der Waals surface area contributed by atoms with E-state index < -0.39 is 20.5 Å². The highest BCUT2D eigenvalue weighted by molar-refractivity contribution is 7.91. The number of halogens is 2. The average molecular weight is 292 g/mol. The maximum atomic E-state index is 12.5. The molecule has 1 rings (SSSR count). The van der Waals surface area contributed by atoms with Gasteiger partial charge in [0.2, 0.25) is 15.7 Å². The smallest absolute Gasteiger partial charge is 0.341 e. The number of rotatable bonds is 5. The van der Waals surface area contributed by atoms with Crippen molar-refractivity contribution >= 4 is 21.4 Å². The number of carbonyl (C=O) groups excluding carboxylic acids is 1. The Hall–Kier alpha value is -1.70. The van der Waals surface area contributed by atoms with Crippen LogP contribution in [0.15, 0.2) is 29.2 Å². The van der Waals surface area contributed by atoms with Gasteiger partial charge in [-0.2, -0.15) is 8.78 Å². The molecule has 8 heteroatoms. The average Bonchev–Trinajstić information content (AvgIpc) is 2.35.